The number of fused-ring (bicyclic) bond motifs is 6. The zero-order chi connectivity index (χ0) is 49.6. The van der Waals surface area contributed by atoms with Gasteiger partial charge >= 0.3 is 0 Å². The van der Waals surface area contributed by atoms with Gasteiger partial charge in [-0.15, -0.1) is 0 Å². The second kappa shape index (κ2) is 16.8. The first kappa shape index (κ1) is 47.3. The molecule has 2 aromatic carbocycles. The summed E-state index contributed by atoms with van der Waals surface area (Å²) in [6.45, 7) is 0. The van der Waals surface area contributed by atoms with Gasteiger partial charge in [0.1, 0.15) is 45.7 Å². The van der Waals surface area contributed by atoms with Gasteiger partial charge in [-0.05, 0) is 114 Å². The van der Waals surface area contributed by atoms with Gasteiger partial charge in [-0.3, -0.25) is 38.6 Å². The van der Waals surface area contributed by atoms with Crippen LogP contribution in [0.5, 0.6) is 11.5 Å². The highest BCUT2D eigenvalue weighted by Crippen LogP contribution is 2.55. The lowest BCUT2D eigenvalue weighted by Crippen LogP contribution is -2.65. The summed E-state index contributed by atoms with van der Waals surface area (Å²) in [6.07, 6.45) is 2.12. The number of primary amides is 2. The number of hydrogen-bond acceptors (Lipinski definition) is 16. The Labute approximate surface area is 389 Å². The average molecular weight is 931 g/mol. The van der Waals surface area contributed by atoms with Crippen LogP contribution in [-0.2, 0) is 41.6 Å². The molecule has 0 radical (unpaired) electrons. The Morgan fingerprint density at radius 1 is 0.618 bits per heavy atom. The van der Waals surface area contributed by atoms with Gasteiger partial charge < -0.3 is 52.3 Å². The summed E-state index contributed by atoms with van der Waals surface area (Å²) in [5.41, 5.74) is 4.72. The van der Waals surface area contributed by atoms with E-state index in [1.54, 1.807) is 12.1 Å². The number of rotatable bonds is 7. The molecule has 2 fully saturated rings. The Balaban J connectivity index is 0.989. The van der Waals surface area contributed by atoms with E-state index in [4.69, 9.17) is 11.5 Å². The molecule has 2 amide bonds. The molecule has 0 saturated heterocycles. The lowest BCUT2D eigenvalue weighted by atomic mass is 9.57. The predicted octanol–water partition coefficient (Wildman–Crippen LogP) is 1.21. The first-order valence-corrected chi connectivity index (χ1v) is 22.0. The van der Waals surface area contributed by atoms with Crippen molar-refractivity contribution in [2.45, 2.75) is 74.7 Å². The van der Waals surface area contributed by atoms with Gasteiger partial charge in [-0.2, -0.15) is 0 Å². The zero-order valence-electron chi connectivity index (χ0n) is 37.5. The minimum absolute atomic E-state index is 0.0603. The highest BCUT2D eigenvalue weighted by Gasteiger charge is 2.66. The molecule has 0 spiro atoms. The molecule has 68 heavy (non-hydrogen) atoms. The number of amides is 2. The molecular weight excluding hydrogens is 881 g/mol. The minimum atomic E-state index is -2.75. The van der Waals surface area contributed by atoms with Crippen LogP contribution in [0.25, 0.3) is 11.5 Å². The lowest BCUT2D eigenvalue weighted by Gasteiger charge is -2.50. The third kappa shape index (κ3) is 6.81. The molecule has 0 aromatic heterocycles. The molecule has 2 saturated carbocycles. The molecule has 0 unspecified atom stereocenters. The average Bonchev–Trinajstić information content (AvgIpc) is 3.25. The molecule has 8 atom stereocenters. The quantitative estimate of drug-likeness (QED) is 0.106. The van der Waals surface area contributed by atoms with Gasteiger partial charge in [0.2, 0.25) is 11.6 Å². The van der Waals surface area contributed by atoms with Gasteiger partial charge in [0.15, 0.2) is 22.8 Å². The van der Waals surface area contributed by atoms with Crippen molar-refractivity contribution in [2.24, 2.45) is 35.1 Å². The Hall–Kier alpha value is -7.22. The number of ketones is 4. The van der Waals surface area contributed by atoms with Gasteiger partial charge in [-0.25, -0.2) is 0 Å². The summed E-state index contributed by atoms with van der Waals surface area (Å²) in [7, 11) is 6.10. The highest BCUT2D eigenvalue weighted by atomic mass is 16.4. The minimum Gasteiger partial charge on any atom is -0.508 e. The number of aliphatic hydroxyl groups excluding tert-OH is 4. The van der Waals surface area contributed by atoms with Crippen molar-refractivity contribution in [1.29, 1.82) is 0 Å². The molecule has 12 N–H and O–H groups in total. The molecular formula is C50H50N4O14. The van der Waals surface area contributed by atoms with Crippen molar-refractivity contribution in [1.82, 2.24) is 9.80 Å². The largest absolute Gasteiger partial charge is 0.508 e. The molecule has 18 nitrogen and oxygen atoms in total. The van der Waals surface area contributed by atoms with Gasteiger partial charge in [-0.1, -0.05) is 23.7 Å². The molecule has 2 aromatic rings. The number of unbranched alkanes of at least 4 members (excludes halogenated alkanes) is 3. The van der Waals surface area contributed by atoms with E-state index in [9.17, 15) is 69.6 Å². The molecule has 8 rings (SSSR count). The normalized spacial score (nSPS) is 28.5. The zero-order valence-corrected chi connectivity index (χ0v) is 37.5. The van der Waals surface area contributed by atoms with Crippen molar-refractivity contribution in [3.05, 3.63) is 91.5 Å². The molecule has 0 aliphatic heterocycles. The van der Waals surface area contributed by atoms with Crippen molar-refractivity contribution >= 4 is 46.5 Å². The Morgan fingerprint density at radius 2 is 0.971 bits per heavy atom. The Bertz CT molecular complexity index is 2760. The van der Waals surface area contributed by atoms with E-state index in [2.05, 4.69) is 23.7 Å². The van der Waals surface area contributed by atoms with E-state index in [0.717, 1.165) is 0 Å². The predicted molar refractivity (Wildman–Crippen MR) is 241 cm³/mol. The number of benzene rings is 2. The number of aliphatic hydroxyl groups is 6. The van der Waals surface area contributed by atoms with E-state index in [0.29, 0.717) is 47.9 Å². The van der Waals surface area contributed by atoms with E-state index < -0.39 is 116 Å². The summed E-state index contributed by atoms with van der Waals surface area (Å²) in [5, 5.41) is 90.7. The molecule has 354 valence electrons. The first-order chi connectivity index (χ1) is 32.0. The number of likely N-dealkylation sites (N-methyl/N-ethyl adjacent to an activating group) is 2. The summed E-state index contributed by atoms with van der Waals surface area (Å²) >= 11 is 0. The second-order valence-electron chi connectivity index (χ2n) is 18.7. The number of carbonyl (C=O) groups excluding carboxylic acids is 6. The number of phenols is 2. The monoisotopic (exact) mass is 930 g/mol. The number of carbonyl (C=O) groups is 6. The van der Waals surface area contributed by atoms with Crippen LogP contribution in [-0.4, -0.2) is 137 Å². The topological polar surface area (TPSA) is 323 Å². The summed E-state index contributed by atoms with van der Waals surface area (Å²) in [5.74, 6) is -2.32. The van der Waals surface area contributed by atoms with Crippen molar-refractivity contribution in [3.8, 4) is 35.2 Å². The highest BCUT2D eigenvalue weighted by molar-refractivity contribution is 6.25. The summed E-state index contributed by atoms with van der Waals surface area (Å²) < 4.78 is 0. The fraction of sp³-hybridized carbons (Fsp3) is 0.400. The van der Waals surface area contributed by atoms with Crippen molar-refractivity contribution in [2.75, 3.05) is 28.2 Å². The molecule has 0 bridgehead atoms. The fourth-order valence-electron chi connectivity index (χ4n) is 11.5. The third-order valence-electron chi connectivity index (χ3n) is 14.5. The number of nitrogens with two attached hydrogens (primary N) is 2. The third-order valence-corrected chi connectivity index (χ3v) is 14.5. The maximum absolute atomic E-state index is 14.1. The number of phenolic OH excluding ortho intramolecular Hbond substituents is 2. The number of Topliss-reactive ketones (excluding diaryl/α,β-unsaturated/α-hetero) is 4. The standard InChI is InChI=1S/C50H50N4O14/c1-53(2)37-27-19-23-17-25-21(13-15-29(55)33(25)39(57)31(23)43(61)49(27,67)45(63)35(41(37)59)47(51)65)11-9-7-5-6-8-10-12-22-14-16-30(56)34-26(22)18-24-20-28-38(54(3)4)42(60)36(48(52)66)46(64)50(28,68)44(62)32(24)40(34)58/h13-16,23-24,27-28,37-38,55-58,63-64,67-68H,5-8,17-20H2,1-4H3,(H2,51,65)(H2,52,66)/t23-,24-,27-,28-,37-,38-,49-,50-/m0/s1. The lowest BCUT2D eigenvalue weighted by molar-refractivity contribution is -0.155. The van der Waals surface area contributed by atoms with E-state index in [-0.39, 0.29) is 59.5 Å². The van der Waals surface area contributed by atoms with Crippen molar-refractivity contribution < 1.29 is 69.6 Å². The molecule has 0 heterocycles. The maximum Gasteiger partial charge on any atom is 0.255 e. The van der Waals surface area contributed by atoms with Crippen LogP contribution < -0.4 is 11.5 Å². The van der Waals surface area contributed by atoms with Gasteiger partial charge in [0.05, 0.1) is 23.2 Å². The van der Waals surface area contributed by atoms with Crippen LogP contribution in [0.3, 0.4) is 0 Å². The first-order valence-electron chi connectivity index (χ1n) is 22.0. The molecule has 18 heteroatoms. The van der Waals surface area contributed by atoms with E-state index in [1.165, 1.54) is 50.1 Å². The summed E-state index contributed by atoms with van der Waals surface area (Å²) in [4.78, 5) is 82.4. The van der Waals surface area contributed by atoms with Crippen LogP contribution in [0.2, 0.25) is 0 Å². The smallest absolute Gasteiger partial charge is 0.255 e. The fourth-order valence-corrected chi connectivity index (χ4v) is 11.5. The number of aromatic hydroxyl groups is 2. The van der Waals surface area contributed by atoms with Crippen LogP contribution in [0, 0.1) is 47.4 Å². The Kier molecular flexibility index (Phi) is 11.7. The number of hydrogen-bond donors (Lipinski definition) is 10. The maximum atomic E-state index is 14.1. The molecule has 6 aliphatic carbocycles. The van der Waals surface area contributed by atoms with Gasteiger partial charge in [0.25, 0.3) is 11.8 Å². The number of nitrogens with zero attached hydrogens (tertiary/aromatic N) is 2. The van der Waals surface area contributed by atoms with E-state index in [1.807, 2.05) is 0 Å². The van der Waals surface area contributed by atoms with Gasteiger partial charge in [0, 0.05) is 47.0 Å². The Morgan fingerprint density at radius 3 is 1.29 bits per heavy atom. The van der Waals surface area contributed by atoms with E-state index >= 15 is 0 Å². The second-order valence-corrected chi connectivity index (χ2v) is 18.7. The van der Waals surface area contributed by atoms with Crippen LogP contribution >= 0.6 is 0 Å². The SMILES string of the molecule is CN(C)[C@@H]1C(=O)C(C(N)=O)=C(O)[C@@]2(O)C(=O)C3=C(O)c4c(O)ccc(C#CCCCCC#Cc5ccc(O)c6c5C[C@H]5C[C@H]7[C@H](N(C)C)C(=O)C(C(N)=O)=C(O)[C@@]7(O)C(=O)C5=C6O)c4C[C@H]3C[C@@H]12. The summed E-state index contributed by atoms with van der Waals surface area (Å²) in [6, 6.07) is 3.37. The molecule has 6 aliphatic rings. The van der Waals surface area contributed by atoms with Crippen LogP contribution in [0.1, 0.15) is 71.9 Å². The van der Waals surface area contributed by atoms with Crippen LogP contribution in [0.4, 0.5) is 0 Å². The van der Waals surface area contributed by atoms with Crippen LogP contribution in [0.15, 0.2) is 58.1 Å². The van der Waals surface area contributed by atoms with Crippen molar-refractivity contribution in [3.63, 3.8) is 0 Å².